The molecule has 3 aliphatic heterocycles. The number of hydrogen-bond acceptors (Lipinski definition) is 5. The van der Waals surface area contributed by atoms with Crippen molar-refractivity contribution in [1.29, 1.82) is 0 Å². The molecule has 6 nitrogen and oxygen atoms in total. The Morgan fingerprint density at radius 1 is 1.04 bits per heavy atom. The summed E-state index contributed by atoms with van der Waals surface area (Å²) < 4.78 is 37.9. The predicted octanol–water partition coefficient (Wildman–Crippen LogP) is 2.69. The molecule has 0 amide bonds. The van der Waals surface area contributed by atoms with Crippen LogP contribution in [0.3, 0.4) is 0 Å². The van der Waals surface area contributed by atoms with Crippen molar-refractivity contribution in [1.82, 2.24) is 4.90 Å². The van der Waals surface area contributed by atoms with Crippen LogP contribution in [-0.2, 0) is 21.3 Å². The molecule has 1 saturated heterocycles. The Hall–Kier alpha value is -2.25. The molecule has 5 rings (SSSR count). The zero-order valence-electron chi connectivity index (χ0n) is 15.2. The highest BCUT2D eigenvalue weighted by atomic mass is 32.2. The smallest absolute Gasteiger partial charge is 0.245 e. The molecule has 0 aromatic heterocycles. The van der Waals surface area contributed by atoms with E-state index in [4.69, 9.17) is 9.47 Å². The molecule has 0 unspecified atom stereocenters. The van der Waals surface area contributed by atoms with Crippen LogP contribution in [-0.4, -0.2) is 40.2 Å². The SMILES string of the molecule is CN1c2ccccc2C2(CCN(Cc3ccc4c(c3)OCO4)CC2)S1(=O)=O. The lowest BCUT2D eigenvalue weighted by atomic mass is 9.87. The molecule has 1 fully saturated rings. The van der Waals surface area contributed by atoms with Crippen LogP contribution in [0.5, 0.6) is 11.5 Å². The van der Waals surface area contributed by atoms with Crippen LogP contribution in [0.4, 0.5) is 5.69 Å². The summed E-state index contributed by atoms with van der Waals surface area (Å²) in [7, 11) is -1.71. The number of benzene rings is 2. The fourth-order valence-electron chi connectivity index (χ4n) is 4.56. The maximum absolute atomic E-state index is 13.2. The number of fused-ring (bicyclic) bond motifs is 3. The largest absolute Gasteiger partial charge is 0.454 e. The van der Waals surface area contributed by atoms with Gasteiger partial charge in [-0.15, -0.1) is 0 Å². The first-order valence-electron chi connectivity index (χ1n) is 9.20. The highest BCUT2D eigenvalue weighted by Gasteiger charge is 2.55. The quantitative estimate of drug-likeness (QED) is 0.794. The van der Waals surface area contributed by atoms with Gasteiger partial charge in [0.05, 0.1) is 5.69 Å². The highest BCUT2D eigenvalue weighted by molar-refractivity contribution is 7.94. The number of piperidine rings is 1. The van der Waals surface area contributed by atoms with Gasteiger partial charge in [0.15, 0.2) is 11.5 Å². The van der Waals surface area contributed by atoms with Crippen LogP contribution in [0.2, 0.25) is 0 Å². The van der Waals surface area contributed by atoms with E-state index in [9.17, 15) is 8.42 Å². The van der Waals surface area contributed by atoms with Crippen LogP contribution in [0.25, 0.3) is 0 Å². The van der Waals surface area contributed by atoms with Gasteiger partial charge in [0.2, 0.25) is 16.8 Å². The van der Waals surface area contributed by atoms with E-state index in [1.165, 1.54) is 4.31 Å². The molecule has 2 aromatic carbocycles. The third kappa shape index (κ3) is 2.38. The summed E-state index contributed by atoms with van der Waals surface area (Å²) in [5.74, 6) is 1.57. The summed E-state index contributed by atoms with van der Waals surface area (Å²) in [6.07, 6.45) is 1.22. The fourth-order valence-corrected chi connectivity index (χ4v) is 6.65. The van der Waals surface area contributed by atoms with Crippen LogP contribution < -0.4 is 13.8 Å². The van der Waals surface area contributed by atoms with Gasteiger partial charge in [0, 0.05) is 26.7 Å². The summed E-state index contributed by atoms with van der Waals surface area (Å²) >= 11 is 0. The fraction of sp³-hybridized carbons (Fsp3) is 0.400. The summed E-state index contributed by atoms with van der Waals surface area (Å²) in [6, 6.07) is 13.7. The van der Waals surface area contributed by atoms with Crippen LogP contribution >= 0.6 is 0 Å². The normalized spacial score (nSPS) is 22.2. The van der Waals surface area contributed by atoms with E-state index in [2.05, 4.69) is 4.90 Å². The Balaban J connectivity index is 1.37. The minimum Gasteiger partial charge on any atom is -0.454 e. The van der Waals surface area contributed by atoms with Crippen molar-refractivity contribution in [3.8, 4) is 11.5 Å². The highest BCUT2D eigenvalue weighted by Crippen LogP contribution is 2.52. The Morgan fingerprint density at radius 3 is 2.59 bits per heavy atom. The molecule has 27 heavy (non-hydrogen) atoms. The van der Waals surface area contributed by atoms with Gasteiger partial charge in [-0.2, -0.15) is 0 Å². The topological polar surface area (TPSA) is 59.1 Å². The number of rotatable bonds is 2. The van der Waals surface area contributed by atoms with Gasteiger partial charge in [0.25, 0.3) is 0 Å². The summed E-state index contributed by atoms with van der Waals surface area (Å²) in [5, 5.41) is 0. The Kier molecular flexibility index (Phi) is 3.67. The third-order valence-corrected chi connectivity index (χ3v) is 8.63. The average Bonchev–Trinajstić information content (AvgIpc) is 3.21. The van der Waals surface area contributed by atoms with Crippen molar-refractivity contribution in [2.75, 3.05) is 31.2 Å². The molecule has 0 radical (unpaired) electrons. The van der Waals surface area contributed by atoms with E-state index in [1.54, 1.807) is 7.05 Å². The van der Waals surface area contributed by atoms with Crippen molar-refractivity contribution in [3.63, 3.8) is 0 Å². The number of sulfonamides is 1. The first-order chi connectivity index (χ1) is 13.0. The maximum atomic E-state index is 13.2. The second-order valence-corrected chi connectivity index (χ2v) is 9.73. The monoisotopic (exact) mass is 386 g/mol. The number of nitrogens with zero attached hydrogens (tertiary/aromatic N) is 2. The second-order valence-electron chi connectivity index (χ2n) is 7.45. The van der Waals surface area contributed by atoms with Gasteiger partial charge in [-0.05, 0) is 42.2 Å². The minimum absolute atomic E-state index is 0.274. The number of ether oxygens (including phenoxy) is 2. The van der Waals surface area contributed by atoms with Gasteiger partial charge in [0.1, 0.15) is 4.75 Å². The first kappa shape index (κ1) is 16.9. The molecular weight excluding hydrogens is 364 g/mol. The van der Waals surface area contributed by atoms with Gasteiger partial charge in [-0.1, -0.05) is 24.3 Å². The summed E-state index contributed by atoms with van der Waals surface area (Å²) in [6.45, 7) is 2.55. The average molecular weight is 386 g/mol. The summed E-state index contributed by atoms with van der Waals surface area (Å²) in [4.78, 5) is 2.32. The molecular formula is C20H22N2O4S. The molecule has 2 aromatic rings. The van der Waals surface area contributed by atoms with Crippen LogP contribution in [0.15, 0.2) is 42.5 Å². The number of anilines is 1. The molecule has 0 N–H and O–H groups in total. The predicted molar refractivity (Wildman–Crippen MR) is 103 cm³/mol. The lowest BCUT2D eigenvalue weighted by molar-refractivity contribution is 0.173. The van der Waals surface area contributed by atoms with E-state index in [-0.39, 0.29) is 6.79 Å². The van der Waals surface area contributed by atoms with E-state index in [0.29, 0.717) is 12.8 Å². The summed E-state index contributed by atoms with van der Waals surface area (Å²) in [5.41, 5.74) is 2.93. The minimum atomic E-state index is -3.38. The molecule has 0 bridgehead atoms. The van der Waals surface area contributed by atoms with Crippen LogP contribution in [0, 0.1) is 0 Å². The van der Waals surface area contributed by atoms with E-state index >= 15 is 0 Å². The Labute approximate surface area is 159 Å². The van der Waals surface area contributed by atoms with Crippen LogP contribution in [0.1, 0.15) is 24.0 Å². The molecule has 3 aliphatic rings. The van der Waals surface area contributed by atoms with Gasteiger partial charge >= 0.3 is 0 Å². The number of hydrogen-bond donors (Lipinski definition) is 0. The molecule has 0 atom stereocenters. The van der Waals surface area contributed by atoms with E-state index in [0.717, 1.165) is 47.9 Å². The first-order valence-corrected chi connectivity index (χ1v) is 10.6. The van der Waals surface area contributed by atoms with Crippen molar-refractivity contribution in [2.24, 2.45) is 0 Å². The van der Waals surface area contributed by atoms with Crippen molar-refractivity contribution < 1.29 is 17.9 Å². The van der Waals surface area contributed by atoms with E-state index in [1.807, 2.05) is 42.5 Å². The molecule has 0 aliphatic carbocycles. The molecule has 142 valence electrons. The molecule has 1 spiro atoms. The van der Waals surface area contributed by atoms with E-state index < -0.39 is 14.8 Å². The molecule has 0 saturated carbocycles. The van der Waals surface area contributed by atoms with Gasteiger partial charge < -0.3 is 9.47 Å². The lowest BCUT2D eigenvalue weighted by Gasteiger charge is -2.38. The van der Waals surface area contributed by atoms with Crippen molar-refractivity contribution in [2.45, 2.75) is 24.1 Å². The van der Waals surface area contributed by atoms with Crippen molar-refractivity contribution >= 4 is 15.7 Å². The maximum Gasteiger partial charge on any atom is 0.245 e. The standard InChI is InChI=1S/C20H22N2O4S/c1-21-17-5-3-2-4-16(17)20(27(21,23)24)8-10-22(11-9-20)13-15-6-7-18-19(12-15)26-14-25-18/h2-7,12H,8-11,13-14H2,1H3. The van der Waals surface area contributed by atoms with Gasteiger partial charge in [-0.25, -0.2) is 8.42 Å². The zero-order chi connectivity index (χ0) is 18.6. The third-order valence-electron chi connectivity index (χ3n) is 6.10. The zero-order valence-corrected chi connectivity index (χ0v) is 16.0. The Bertz CT molecular complexity index is 997. The lowest BCUT2D eigenvalue weighted by Crippen LogP contribution is -2.47. The number of para-hydroxylation sites is 1. The molecule has 3 heterocycles. The van der Waals surface area contributed by atoms with Crippen molar-refractivity contribution in [3.05, 3.63) is 53.6 Å². The van der Waals surface area contributed by atoms with Gasteiger partial charge in [-0.3, -0.25) is 9.21 Å². The second kappa shape index (κ2) is 5.87. The molecule has 7 heteroatoms. The Morgan fingerprint density at radius 2 is 1.78 bits per heavy atom. The number of likely N-dealkylation sites (tertiary alicyclic amines) is 1.